The van der Waals surface area contributed by atoms with Crippen molar-refractivity contribution >= 4 is 54.1 Å². The first-order valence-corrected chi connectivity index (χ1v) is 9.92. The molecule has 1 aliphatic rings. The summed E-state index contributed by atoms with van der Waals surface area (Å²) in [5.74, 6) is -3.70. The van der Waals surface area contributed by atoms with E-state index in [1.165, 1.54) is 18.2 Å². The van der Waals surface area contributed by atoms with Gasteiger partial charge in [0.1, 0.15) is 0 Å². The number of carbonyl (C=O) groups excluding carboxylic acids is 3. The van der Waals surface area contributed by atoms with Gasteiger partial charge < -0.3 is 25.0 Å². The molecule has 1 aliphatic heterocycles. The second-order valence-corrected chi connectivity index (χ2v) is 7.98. The zero-order valence-electron chi connectivity index (χ0n) is 16.3. The van der Waals surface area contributed by atoms with Gasteiger partial charge in [-0.05, 0) is 30.5 Å². The van der Waals surface area contributed by atoms with Crippen LogP contribution in [0.2, 0.25) is 10.0 Å². The molecule has 12 heteroatoms. The number of hydrogen-bond acceptors (Lipinski definition) is 6. The molecule has 3 N–H and O–H groups in total. The van der Waals surface area contributed by atoms with E-state index in [9.17, 15) is 19.2 Å². The van der Waals surface area contributed by atoms with Gasteiger partial charge in [0.25, 0.3) is 5.91 Å². The van der Waals surface area contributed by atoms with Crippen molar-refractivity contribution in [1.82, 2.24) is 10.6 Å². The molecular formula is C18H21BCl2N2O7. The second kappa shape index (κ2) is 10.6. The number of aliphatic carboxylic acids is 1. The second-order valence-electron chi connectivity index (χ2n) is 7.14. The molecule has 2 rings (SSSR count). The zero-order valence-corrected chi connectivity index (χ0v) is 17.8. The van der Waals surface area contributed by atoms with Crippen molar-refractivity contribution < 1.29 is 33.6 Å². The van der Waals surface area contributed by atoms with Crippen LogP contribution in [0.1, 0.15) is 37.0 Å². The summed E-state index contributed by atoms with van der Waals surface area (Å²) in [4.78, 5) is 47.2. The Kier molecular flexibility index (Phi) is 8.51. The summed E-state index contributed by atoms with van der Waals surface area (Å²) in [5.41, 5.74) is 0.164. The fraction of sp³-hybridized carbons (Fsp3) is 0.444. The van der Waals surface area contributed by atoms with Crippen molar-refractivity contribution in [2.45, 2.75) is 38.7 Å². The number of halogens is 2. The van der Waals surface area contributed by atoms with Crippen LogP contribution in [0.25, 0.3) is 0 Å². The lowest BCUT2D eigenvalue weighted by atomic mass is 9.74. The first kappa shape index (κ1) is 24.0. The Bertz CT molecular complexity index is 837. The van der Waals surface area contributed by atoms with Crippen LogP contribution in [-0.2, 0) is 23.7 Å². The lowest BCUT2D eigenvalue weighted by molar-refractivity contribution is -0.145. The minimum absolute atomic E-state index is 0.110. The summed E-state index contributed by atoms with van der Waals surface area (Å²) >= 11 is 11.8. The van der Waals surface area contributed by atoms with Crippen molar-refractivity contribution in [1.29, 1.82) is 0 Å². The molecule has 0 saturated carbocycles. The number of carbonyl (C=O) groups is 4. The molecule has 0 radical (unpaired) electrons. The van der Waals surface area contributed by atoms with Crippen LogP contribution in [0.3, 0.4) is 0 Å². The lowest BCUT2D eigenvalue weighted by Gasteiger charge is -2.21. The normalized spacial score (nSPS) is 16.9. The highest BCUT2D eigenvalue weighted by Crippen LogP contribution is 2.21. The predicted octanol–water partition coefficient (Wildman–Crippen LogP) is 1.70. The standard InChI is InChI=1S/C18H21BCl2N2O7/c1-9(2)5-14(19-29-13(7-16(25)26)18(28)30-19)23-15(24)8-22-17(27)11-4-3-10(20)6-12(11)21/h3-4,6,9,13-14H,5,7-8H2,1-2H3,(H,22,27)(H,23,24)(H,25,26)/t13-,14-/m0/s1. The Labute approximate surface area is 183 Å². The predicted molar refractivity (Wildman–Crippen MR) is 109 cm³/mol. The fourth-order valence-electron chi connectivity index (χ4n) is 2.84. The molecule has 0 aliphatic carbocycles. The van der Waals surface area contributed by atoms with Crippen LogP contribution in [0.5, 0.6) is 0 Å². The molecule has 0 aromatic heterocycles. The van der Waals surface area contributed by atoms with Crippen LogP contribution in [0.4, 0.5) is 0 Å². The van der Waals surface area contributed by atoms with E-state index < -0.39 is 49.3 Å². The van der Waals surface area contributed by atoms with Crippen molar-refractivity contribution in [2.24, 2.45) is 5.92 Å². The summed E-state index contributed by atoms with van der Waals surface area (Å²) in [6.45, 7) is 3.44. The van der Waals surface area contributed by atoms with Gasteiger partial charge in [-0.1, -0.05) is 37.0 Å². The van der Waals surface area contributed by atoms with E-state index in [1.807, 2.05) is 13.8 Å². The molecule has 1 saturated heterocycles. The van der Waals surface area contributed by atoms with Gasteiger partial charge in [0.15, 0.2) is 6.10 Å². The monoisotopic (exact) mass is 458 g/mol. The average Bonchev–Trinajstić information content (AvgIpc) is 2.98. The molecule has 1 aromatic rings. The average molecular weight is 459 g/mol. The van der Waals surface area contributed by atoms with Crippen LogP contribution in [0.15, 0.2) is 18.2 Å². The highest BCUT2D eigenvalue weighted by Gasteiger charge is 2.46. The van der Waals surface area contributed by atoms with Gasteiger partial charge in [0.05, 0.1) is 29.5 Å². The number of amides is 2. The van der Waals surface area contributed by atoms with E-state index in [4.69, 9.17) is 37.6 Å². The molecule has 162 valence electrons. The molecule has 0 spiro atoms. The van der Waals surface area contributed by atoms with Gasteiger partial charge >= 0.3 is 19.1 Å². The summed E-state index contributed by atoms with van der Waals surface area (Å²) in [7, 11) is -1.12. The Balaban J connectivity index is 1.96. The van der Waals surface area contributed by atoms with Gasteiger partial charge in [0.2, 0.25) is 5.91 Å². The Morgan fingerprint density at radius 3 is 2.57 bits per heavy atom. The van der Waals surface area contributed by atoms with E-state index >= 15 is 0 Å². The number of benzene rings is 1. The van der Waals surface area contributed by atoms with Gasteiger partial charge in [0, 0.05) is 5.02 Å². The molecule has 0 unspecified atom stereocenters. The quantitative estimate of drug-likeness (QED) is 0.480. The maximum absolute atomic E-state index is 12.3. The number of rotatable bonds is 9. The third-order valence-corrected chi connectivity index (χ3v) is 4.69. The van der Waals surface area contributed by atoms with Crippen LogP contribution < -0.4 is 10.6 Å². The van der Waals surface area contributed by atoms with E-state index in [0.717, 1.165) is 0 Å². The van der Waals surface area contributed by atoms with E-state index in [2.05, 4.69) is 10.6 Å². The summed E-state index contributed by atoms with van der Waals surface area (Å²) < 4.78 is 10.5. The Morgan fingerprint density at radius 1 is 1.27 bits per heavy atom. The SMILES string of the molecule is CC(C)C[C@H](NC(=O)CNC(=O)c1ccc(Cl)cc1Cl)B1OC(=O)[C@H](CC(=O)O)O1. The van der Waals surface area contributed by atoms with Crippen molar-refractivity contribution in [2.75, 3.05) is 6.54 Å². The third kappa shape index (κ3) is 6.89. The lowest BCUT2D eigenvalue weighted by Crippen LogP contribution is -2.50. The molecule has 1 fully saturated rings. The topological polar surface area (TPSA) is 131 Å². The van der Waals surface area contributed by atoms with Crippen molar-refractivity contribution in [3.8, 4) is 0 Å². The Morgan fingerprint density at radius 2 is 1.97 bits per heavy atom. The Hall–Kier alpha value is -2.30. The van der Waals surface area contributed by atoms with Crippen molar-refractivity contribution in [3.63, 3.8) is 0 Å². The third-order valence-electron chi connectivity index (χ3n) is 4.14. The van der Waals surface area contributed by atoms with Gasteiger partial charge in [-0.3, -0.25) is 19.2 Å². The number of carboxylic acids is 1. The van der Waals surface area contributed by atoms with Crippen LogP contribution in [-0.4, -0.2) is 54.6 Å². The number of hydrogen-bond donors (Lipinski definition) is 3. The molecule has 1 heterocycles. The molecule has 2 atom stereocenters. The highest BCUT2D eigenvalue weighted by molar-refractivity contribution is 6.51. The van der Waals surface area contributed by atoms with E-state index in [1.54, 1.807) is 0 Å². The summed E-state index contributed by atoms with van der Waals surface area (Å²) in [5, 5.41) is 14.5. The van der Waals surface area contributed by atoms with Crippen LogP contribution >= 0.6 is 23.2 Å². The first-order valence-electron chi connectivity index (χ1n) is 9.17. The molecule has 9 nitrogen and oxygen atoms in total. The first-order chi connectivity index (χ1) is 14.1. The van der Waals surface area contributed by atoms with Crippen LogP contribution in [0, 0.1) is 5.92 Å². The zero-order chi connectivity index (χ0) is 22.4. The largest absolute Gasteiger partial charge is 0.552 e. The molecule has 30 heavy (non-hydrogen) atoms. The van der Waals surface area contributed by atoms with Gasteiger partial charge in [-0.2, -0.15) is 0 Å². The number of nitrogens with one attached hydrogen (secondary N) is 2. The van der Waals surface area contributed by atoms with E-state index in [-0.39, 0.29) is 23.0 Å². The smallest absolute Gasteiger partial charge is 0.506 e. The van der Waals surface area contributed by atoms with Crippen molar-refractivity contribution in [3.05, 3.63) is 33.8 Å². The fourth-order valence-corrected chi connectivity index (χ4v) is 3.33. The minimum atomic E-state index is -1.23. The van der Waals surface area contributed by atoms with Gasteiger partial charge in [-0.25, -0.2) is 0 Å². The minimum Gasteiger partial charge on any atom is -0.506 e. The van der Waals surface area contributed by atoms with Gasteiger partial charge in [-0.15, -0.1) is 0 Å². The molecular weight excluding hydrogens is 438 g/mol. The van der Waals surface area contributed by atoms with E-state index in [0.29, 0.717) is 11.4 Å². The molecule has 1 aromatic carbocycles. The maximum atomic E-state index is 12.3. The highest BCUT2D eigenvalue weighted by atomic mass is 35.5. The maximum Gasteiger partial charge on any atom is 0.552 e. The molecule has 2 amide bonds. The summed E-state index contributed by atoms with van der Waals surface area (Å²) in [6.07, 6.45) is -1.36. The summed E-state index contributed by atoms with van der Waals surface area (Å²) in [6, 6.07) is 4.35. The number of carboxylic acid groups (broad SMARTS) is 1. The molecule has 0 bridgehead atoms.